The van der Waals surface area contributed by atoms with Gasteiger partial charge in [0.1, 0.15) is 6.54 Å². The standard InChI is InChI=1S/C28H56NO4P/c1-5-6-7-8-9-10-11-12-13-14-15-16-17-18-19-20-21-22-23-24-25-26-28(30,34(31,32)33)27-29(2,3)4/h7-8,23-24,30H,5-6,9-22,25-27H2,1-4H3,(H-,31,32,33)/p+1/b8-7-,24-23-. The van der Waals surface area contributed by atoms with E-state index in [1.807, 2.05) is 27.2 Å². The molecule has 0 aromatic rings. The third-order valence-corrected chi connectivity index (χ3v) is 7.71. The molecule has 0 spiro atoms. The summed E-state index contributed by atoms with van der Waals surface area (Å²) in [5.41, 5.74) is 0. The number of unbranched alkanes of at least 4 members (excludes halogenated alkanes) is 14. The van der Waals surface area contributed by atoms with E-state index >= 15 is 0 Å². The molecule has 0 rings (SSSR count). The second-order valence-electron chi connectivity index (χ2n) is 11.1. The predicted molar refractivity (Wildman–Crippen MR) is 147 cm³/mol. The van der Waals surface area contributed by atoms with E-state index in [1.54, 1.807) is 0 Å². The number of allylic oxidation sites excluding steroid dienone is 4. The lowest BCUT2D eigenvalue weighted by Crippen LogP contribution is -2.49. The fourth-order valence-corrected chi connectivity index (χ4v) is 5.35. The van der Waals surface area contributed by atoms with Crippen molar-refractivity contribution in [2.75, 3.05) is 27.7 Å². The molecule has 0 aromatic carbocycles. The van der Waals surface area contributed by atoms with Crippen LogP contribution >= 0.6 is 7.60 Å². The van der Waals surface area contributed by atoms with Crippen molar-refractivity contribution < 1.29 is 23.9 Å². The van der Waals surface area contributed by atoms with Crippen LogP contribution < -0.4 is 0 Å². The molecule has 1 unspecified atom stereocenters. The van der Waals surface area contributed by atoms with Crippen LogP contribution in [0.4, 0.5) is 0 Å². The summed E-state index contributed by atoms with van der Waals surface area (Å²) in [6.07, 6.45) is 30.1. The van der Waals surface area contributed by atoms with Gasteiger partial charge < -0.3 is 19.4 Å². The Labute approximate surface area is 211 Å². The zero-order chi connectivity index (χ0) is 25.8. The van der Waals surface area contributed by atoms with Gasteiger partial charge in [-0.2, -0.15) is 0 Å². The number of quaternary nitrogens is 1. The summed E-state index contributed by atoms with van der Waals surface area (Å²) in [7, 11) is 0.902. The number of hydrogen-bond acceptors (Lipinski definition) is 2. The van der Waals surface area contributed by atoms with Crippen molar-refractivity contribution in [3.63, 3.8) is 0 Å². The van der Waals surface area contributed by atoms with Gasteiger partial charge in [-0.3, -0.25) is 4.57 Å². The van der Waals surface area contributed by atoms with Crippen LogP contribution in [-0.2, 0) is 4.57 Å². The molecule has 0 heterocycles. The zero-order valence-electron chi connectivity index (χ0n) is 22.9. The number of likely N-dealkylation sites (N-methyl/N-ethyl adjacent to an activating group) is 1. The second kappa shape index (κ2) is 19.7. The Balaban J connectivity index is 3.59. The first kappa shape index (κ1) is 33.5. The van der Waals surface area contributed by atoms with Gasteiger partial charge in [-0.05, 0) is 44.9 Å². The van der Waals surface area contributed by atoms with Gasteiger partial charge in [-0.25, -0.2) is 0 Å². The molecule has 0 bridgehead atoms. The highest BCUT2D eigenvalue weighted by atomic mass is 31.2. The molecule has 0 amide bonds. The Morgan fingerprint density at radius 1 is 0.647 bits per heavy atom. The number of aliphatic hydroxyl groups is 1. The fraction of sp³-hybridized carbons (Fsp3) is 0.857. The van der Waals surface area contributed by atoms with Crippen LogP contribution in [0.1, 0.15) is 122 Å². The Bertz CT molecular complexity index is 579. The normalized spacial score (nSPS) is 14.9. The van der Waals surface area contributed by atoms with E-state index in [1.165, 1.54) is 89.9 Å². The number of nitrogens with zero attached hydrogens (tertiary/aromatic N) is 1. The molecule has 6 heteroatoms. The van der Waals surface area contributed by atoms with E-state index in [4.69, 9.17) is 0 Å². The highest BCUT2D eigenvalue weighted by Crippen LogP contribution is 2.52. The lowest BCUT2D eigenvalue weighted by Gasteiger charge is -2.35. The third kappa shape index (κ3) is 19.8. The second-order valence-corrected chi connectivity index (χ2v) is 13.0. The first-order chi connectivity index (χ1) is 16.0. The van der Waals surface area contributed by atoms with Gasteiger partial charge in [0.2, 0.25) is 5.34 Å². The van der Waals surface area contributed by atoms with Crippen molar-refractivity contribution in [3.8, 4) is 0 Å². The smallest absolute Gasteiger partial charge is 0.362 e. The fourth-order valence-electron chi connectivity index (χ4n) is 4.32. The van der Waals surface area contributed by atoms with Crippen LogP contribution in [0.3, 0.4) is 0 Å². The first-order valence-electron chi connectivity index (χ1n) is 13.9. The average molecular weight is 503 g/mol. The van der Waals surface area contributed by atoms with Gasteiger partial charge in [-0.15, -0.1) is 0 Å². The van der Waals surface area contributed by atoms with Crippen LogP contribution in [0.5, 0.6) is 0 Å². The van der Waals surface area contributed by atoms with Crippen molar-refractivity contribution in [2.24, 2.45) is 0 Å². The highest BCUT2D eigenvalue weighted by Gasteiger charge is 2.48. The molecule has 0 aliphatic rings. The molecule has 0 radical (unpaired) electrons. The van der Waals surface area contributed by atoms with Gasteiger partial charge in [0, 0.05) is 0 Å². The van der Waals surface area contributed by atoms with E-state index in [0.717, 1.165) is 12.8 Å². The van der Waals surface area contributed by atoms with E-state index in [0.29, 0.717) is 10.9 Å². The van der Waals surface area contributed by atoms with Gasteiger partial charge in [-0.1, -0.05) is 102 Å². The summed E-state index contributed by atoms with van der Waals surface area (Å²) >= 11 is 0. The van der Waals surface area contributed by atoms with Crippen LogP contribution in [0.25, 0.3) is 0 Å². The molecule has 0 fully saturated rings. The third-order valence-electron chi connectivity index (χ3n) is 6.26. The predicted octanol–water partition coefficient (Wildman–Crippen LogP) is 7.71. The maximum absolute atomic E-state index is 11.8. The molecule has 34 heavy (non-hydrogen) atoms. The van der Waals surface area contributed by atoms with Crippen LogP contribution in [0.2, 0.25) is 0 Å². The minimum atomic E-state index is -4.58. The maximum atomic E-state index is 11.8. The van der Waals surface area contributed by atoms with E-state index in [2.05, 4.69) is 25.2 Å². The van der Waals surface area contributed by atoms with Crippen LogP contribution in [0.15, 0.2) is 24.3 Å². The van der Waals surface area contributed by atoms with Gasteiger partial charge in [0.25, 0.3) is 0 Å². The van der Waals surface area contributed by atoms with E-state index in [-0.39, 0.29) is 13.0 Å². The Kier molecular flexibility index (Phi) is 19.4. The average Bonchev–Trinajstić information content (AvgIpc) is 2.73. The summed E-state index contributed by atoms with van der Waals surface area (Å²) in [6, 6.07) is 0. The Morgan fingerprint density at radius 3 is 1.35 bits per heavy atom. The zero-order valence-corrected chi connectivity index (χ0v) is 23.8. The molecule has 1 atom stereocenters. The van der Waals surface area contributed by atoms with Crippen molar-refractivity contribution in [1.29, 1.82) is 0 Å². The minimum Gasteiger partial charge on any atom is -0.373 e. The summed E-state index contributed by atoms with van der Waals surface area (Å²) < 4.78 is 12.1. The molecular formula is C28H57NO4P+. The first-order valence-corrected chi connectivity index (χ1v) is 15.5. The van der Waals surface area contributed by atoms with Crippen molar-refractivity contribution >= 4 is 7.60 Å². The minimum absolute atomic E-state index is 0.0299. The molecule has 202 valence electrons. The van der Waals surface area contributed by atoms with Crippen LogP contribution in [-0.4, -0.2) is 52.4 Å². The summed E-state index contributed by atoms with van der Waals surface area (Å²) in [4.78, 5) is 19.2. The largest absolute Gasteiger partial charge is 0.373 e. The lowest BCUT2D eigenvalue weighted by atomic mass is 10.0. The van der Waals surface area contributed by atoms with Gasteiger partial charge in [0.05, 0.1) is 21.1 Å². The SMILES string of the molecule is CCC/C=C\CCCCCCCCCCCCCC/C=C\CCC(O)(C[N+](C)(C)C)P(=O)(O)O. The summed E-state index contributed by atoms with van der Waals surface area (Å²) in [5, 5.41) is 8.57. The molecule has 0 aromatic heterocycles. The lowest BCUT2D eigenvalue weighted by molar-refractivity contribution is -0.875. The molecular weight excluding hydrogens is 445 g/mol. The highest BCUT2D eigenvalue weighted by molar-refractivity contribution is 7.53. The molecule has 0 saturated carbocycles. The van der Waals surface area contributed by atoms with Crippen molar-refractivity contribution in [3.05, 3.63) is 24.3 Å². The van der Waals surface area contributed by atoms with Crippen molar-refractivity contribution in [1.82, 2.24) is 0 Å². The quantitative estimate of drug-likeness (QED) is 0.0578. The Hall–Kier alpha value is -0.450. The summed E-state index contributed by atoms with van der Waals surface area (Å²) in [6.45, 7) is 2.26. The molecule has 0 aliphatic heterocycles. The molecule has 5 nitrogen and oxygen atoms in total. The maximum Gasteiger partial charge on any atom is 0.362 e. The summed E-state index contributed by atoms with van der Waals surface area (Å²) in [5.74, 6) is 0. The monoisotopic (exact) mass is 502 g/mol. The van der Waals surface area contributed by atoms with Crippen molar-refractivity contribution in [2.45, 2.75) is 128 Å². The van der Waals surface area contributed by atoms with E-state index in [9.17, 15) is 19.5 Å². The van der Waals surface area contributed by atoms with Gasteiger partial charge >= 0.3 is 7.60 Å². The molecule has 3 N–H and O–H groups in total. The van der Waals surface area contributed by atoms with Crippen LogP contribution in [0, 0.1) is 0 Å². The number of hydrogen-bond donors (Lipinski definition) is 3. The van der Waals surface area contributed by atoms with E-state index < -0.39 is 12.9 Å². The Morgan fingerprint density at radius 2 is 1.00 bits per heavy atom. The molecule has 0 saturated heterocycles. The van der Waals surface area contributed by atoms with Gasteiger partial charge in [0.15, 0.2) is 0 Å². The topological polar surface area (TPSA) is 77.8 Å². The molecule has 0 aliphatic carbocycles. The number of rotatable bonds is 23.